The number of nitrogens with one attached hydrogen (secondary N) is 2. The number of hydrogen-bond acceptors (Lipinski definition) is 6. The summed E-state index contributed by atoms with van der Waals surface area (Å²) in [5.74, 6) is 1.02. The lowest BCUT2D eigenvalue weighted by atomic mass is 10.2. The first kappa shape index (κ1) is 21.0. The molecule has 1 amide bonds. The van der Waals surface area contributed by atoms with Crippen LogP contribution in [0.25, 0.3) is 10.2 Å². The molecule has 0 saturated heterocycles. The van der Waals surface area contributed by atoms with E-state index in [-0.39, 0.29) is 24.1 Å². The molecule has 1 atom stereocenters. The highest BCUT2D eigenvalue weighted by molar-refractivity contribution is 7.18. The van der Waals surface area contributed by atoms with Crippen molar-refractivity contribution < 1.29 is 9.53 Å². The number of aryl methyl sites for hydroxylation is 2. The molecule has 3 rings (SSSR count). The second-order valence-electron chi connectivity index (χ2n) is 6.90. The Morgan fingerprint density at radius 1 is 1.34 bits per heavy atom. The summed E-state index contributed by atoms with van der Waals surface area (Å²) in [6.07, 6.45) is 0. The Labute approximate surface area is 173 Å². The molecule has 0 aliphatic carbocycles. The van der Waals surface area contributed by atoms with E-state index in [4.69, 9.17) is 4.74 Å². The van der Waals surface area contributed by atoms with Gasteiger partial charge in [0.25, 0.3) is 5.56 Å². The molecule has 2 heterocycles. The highest BCUT2D eigenvalue weighted by atomic mass is 32.1. The van der Waals surface area contributed by atoms with Gasteiger partial charge in [-0.15, -0.1) is 11.3 Å². The number of rotatable bonds is 7. The summed E-state index contributed by atoms with van der Waals surface area (Å²) in [6, 6.07) is 7.06. The van der Waals surface area contributed by atoms with Crippen LogP contribution in [0.4, 0.5) is 5.69 Å². The van der Waals surface area contributed by atoms with E-state index in [9.17, 15) is 9.59 Å². The van der Waals surface area contributed by atoms with Gasteiger partial charge >= 0.3 is 0 Å². The number of thiophene rings is 1. The van der Waals surface area contributed by atoms with Gasteiger partial charge < -0.3 is 15.0 Å². The number of ether oxygens (including phenoxy) is 1. The number of likely N-dealkylation sites (N-methyl/N-ethyl adjacent to an activating group) is 1. The summed E-state index contributed by atoms with van der Waals surface area (Å²) in [5, 5.41) is 3.54. The molecule has 0 radical (unpaired) electrons. The zero-order valence-electron chi connectivity index (χ0n) is 17.3. The van der Waals surface area contributed by atoms with Crippen LogP contribution in [0.5, 0.6) is 5.75 Å². The lowest BCUT2D eigenvalue weighted by Gasteiger charge is -2.26. The number of benzene rings is 1. The minimum atomic E-state index is -0.219. The number of para-hydroxylation sites is 2. The van der Waals surface area contributed by atoms with Crippen LogP contribution in [0.2, 0.25) is 0 Å². The normalized spacial score (nSPS) is 12.3. The highest BCUT2D eigenvalue weighted by Gasteiger charge is 2.22. The van der Waals surface area contributed by atoms with Crippen molar-refractivity contribution in [3.05, 3.63) is 50.9 Å². The van der Waals surface area contributed by atoms with E-state index >= 15 is 0 Å². The molecule has 0 bridgehead atoms. The summed E-state index contributed by atoms with van der Waals surface area (Å²) in [4.78, 5) is 36.6. The molecule has 0 aliphatic heterocycles. The predicted molar refractivity (Wildman–Crippen MR) is 117 cm³/mol. The first-order valence-corrected chi connectivity index (χ1v) is 10.3. The number of aromatic nitrogens is 2. The Balaban J connectivity index is 1.80. The number of carbonyl (C=O) groups is 1. The van der Waals surface area contributed by atoms with Crippen LogP contribution >= 0.6 is 11.3 Å². The SMILES string of the molecule is CCN(CC(=O)Nc1ccccc1OC)C(C)c1nc2sc(C)c(C)c2c(=O)[nH]1. The van der Waals surface area contributed by atoms with Crippen molar-refractivity contribution in [2.45, 2.75) is 33.7 Å². The van der Waals surface area contributed by atoms with Crippen molar-refractivity contribution in [3.63, 3.8) is 0 Å². The van der Waals surface area contributed by atoms with E-state index in [0.29, 0.717) is 29.2 Å². The van der Waals surface area contributed by atoms with Crippen molar-refractivity contribution in [1.29, 1.82) is 0 Å². The quantitative estimate of drug-likeness (QED) is 0.616. The third kappa shape index (κ3) is 4.33. The van der Waals surface area contributed by atoms with E-state index in [0.717, 1.165) is 15.3 Å². The molecule has 1 aromatic carbocycles. The van der Waals surface area contributed by atoms with Gasteiger partial charge in [-0.25, -0.2) is 4.98 Å². The average Bonchev–Trinajstić information content (AvgIpc) is 3.00. The molecule has 0 saturated carbocycles. The maximum absolute atomic E-state index is 12.6. The fourth-order valence-electron chi connectivity index (χ4n) is 3.29. The van der Waals surface area contributed by atoms with Gasteiger partial charge in [0.1, 0.15) is 16.4 Å². The molecule has 29 heavy (non-hydrogen) atoms. The van der Waals surface area contributed by atoms with Gasteiger partial charge in [0, 0.05) is 4.88 Å². The summed E-state index contributed by atoms with van der Waals surface area (Å²) in [5.41, 5.74) is 1.47. The molecule has 3 aromatic rings. The van der Waals surface area contributed by atoms with E-state index in [2.05, 4.69) is 15.3 Å². The number of carbonyl (C=O) groups excluding carboxylic acids is 1. The number of amides is 1. The topological polar surface area (TPSA) is 87.3 Å². The zero-order chi connectivity index (χ0) is 21.1. The Kier molecular flexibility index (Phi) is 6.34. The van der Waals surface area contributed by atoms with Crippen molar-refractivity contribution in [3.8, 4) is 5.75 Å². The van der Waals surface area contributed by atoms with Gasteiger partial charge in [-0.2, -0.15) is 0 Å². The average molecular weight is 415 g/mol. The summed E-state index contributed by atoms with van der Waals surface area (Å²) in [7, 11) is 1.57. The lowest BCUT2D eigenvalue weighted by molar-refractivity contribution is -0.117. The maximum atomic E-state index is 12.6. The second-order valence-corrected chi connectivity index (χ2v) is 8.11. The molecule has 0 fully saturated rings. The van der Waals surface area contributed by atoms with E-state index in [1.165, 1.54) is 11.3 Å². The van der Waals surface area contributed by atoms with Crippen molar-refractivity contribution in [2.75, 3.05) is 25.5 Å². The highest BCUT2D eigenvalue weighted by Crippen LogP contribution is 2.27. The van der Waals surface area contributed by atoms with Crippen LogP contribution < -0.4 is 15.6 Å². The first-order valence-electron chi connectivity index (χ1n) is 9.52. The first-order chi connectivity index (χ1) is 13.8. The van der Waals surface area contributed by atoms with Gasteiger partial charge in [-0.05, 0) is 45.0 Å². The smallest absolute Gasteiger partial charge is 0.259 e. The molecule has 2 N–H and O–H groups in total. The molecule has 7 nitrogen and oxygen atoms in total. The standard InChI is InChI=1S/C21H26N4O3S/c1-6-25(11-17(26)22-15-9-7-8-10-16(15)28-5)13(3)19-23-20(27)18-12(2)14(4)29-21(18)24-19/h7-10,13H,6,11H2,1-5H3,(H,22,26)(H,23,24,27). The number of hydrogen-bond donors (Lipinski definition) is 2. The van der Waals surface area contributed by atoms with Crippen LogP contribution in [0.3, 0.4) is 0 Å². The molecule has 154 valence electrons. The van der Waals surface area contributed by atoms with Crippen LogP contribution in [0.1, 0.15) is 36.2 Å². The van der Waals surface area contributed by atoms with Gasteiger partial charge in [0.05, 0.1) is 30.8 Å². The third-order valence-electron chi connectivity index (χ3n) is 5.13. The maximum Gasteiger partial charge on any atom is 0.259 e. The molecule has 2 aromatic heterocycles. The van der Waals surface area contributed by atoms with Gasteiger partial charge in [-0.1, -0.05) is 19.1 Å². The van der Waals surface area contributed by atoms with Gasteiger partial charge in [-0.3, -0.25) is 14.5 Å². The molecular formula is C21H26N4O3S. The predicted octanol–water partition coefficient (Wildman–Crippen LogP) is 3.63. The largest absolute Gasteiger partial charge is 0.495 e. The Hall–Kier alpha value is -2.71. The molecule has 8 heteroatoms. The van der Waals surface area contributed by atoms with E-state index < -0.39 is 0 Å². The Morgan fingerprint density at radius 2 is 2.07 bits per heavy atom. The minimum Gasteiger partial charge on any atom is -0.495 e. The number of nitrogens with zero attached hydrogens (tertiary/aromatic N) is 2. The molecule has 0 spiro atoms. The number of aromatic amines is 1. The number of H-pyrrole nitrogens is 1. The minimum absolute atomic E-state index is 0.131. The van der Waals surface area contributed by atoms with Crippen LogP contribution in [-0.2, 0) is 4.79 Å². The monoisotopic (exact) mass is 414 g/mol. The fraction of sp³-hybridized carbons (Fsp3) is 0.381. The number of fused-ring (bicyclic) bond motifs is 1. The second kappa shape index (κ2) is 8.75. The summed E-state index contributed by atoms with van der Waals surface area (Å²) < 4.78 is 5.28. The van der Waals surface area contributed by atoms with Crippen molar-refractivity contribution in [1.82, 2.24) is 14.9 Å². The lowest BCUT2D eigenvalue weighted by Crippen LogP contribution is -2.36. The number of methoxy groups -OCH3 is 1. The molecular weight excluding hydrogens is 388 g/mol. The Bertz CT molecular complexity index is 1090. The molecule has 1 unspecified atom stereocenters. The van der Waals surface area contributed by atoms with Gasteiger partial charge in [0.15, 0.2) is 0 Å². The summed E-state index contributed by atoms with van der Waals surface area (Å²) in [6.45, 7) is 8.64. The summed E-state index contributed by atoms with van der Waals surface area (Å²) >= 11 is 1.52. The Morgan fingerprint density at radius 3 is 2.76 bits per heavy atom. The van der Waals surface area contributed by atoms with E-state index in [1.54, 1.807) is 19.2 Å². The third-order valence-corrected chi connectivity index (χ3v) is 6.24. The number of anilines is 1. The van der Waals surface area contributed by atoms with E-state index in [1.807, 2.05) is 44.7 Å². The molecule has 0 aliphatic rings. The van der Waals surface area contributed by atoms with Crippen LogP contribution in [-0.4, -0.2) is 41.0 Å². The van der Waals surface area contributed by atoms with Crippen LogP contribution in [0, 0.1) is 13.8 Å². The van der Waals surface area contributed by atoms with Crippen molar-refractivity contribution in [2.24, 2.45) is 0 Å². The van der Waals surface area contributed by atoms with Crippen LogP contribution in [0.15, 0.2) is 29.1 Å². The zero-order valence-corrected chi connectivity index (χ0v) is 18.1. The fourth-order valence-corrected chi connectivity index (χ4v) is 4.32. The van der Waals surface area contributed by atoms with Gasteiger partial charge in [0.2, 0.25) is 5.91 Å². The van der Waals surface area contributed by atoms with Crippen molar-refractivity contribution >= 4 is 33.1 Å².